The zero-order valence-corrected chi connectivity index (χ0v) is 16.9. The van der Waals surface area contributed by atoms with Crippen molar-refractivity contribution in [3.8, 4) is 22.4 Å². The largest absolute Gasteiger partial charge is 0.316 e. The van der Waals surface area contributed by atoms with E-state index in [9.17, 15) is 0 Å². The van der Waals surface area contributed by atoms with Gasteiger partial charge in [0.15, 0.2) is 0 Å². The van der Waals surface area contributed by atoms with Crippen LogP contribution in [0.3, 0.4) is 0 Å². The van der Waals surface area contributed by atoms with Crippen molar-refractivity contribution in [2.45, 2.75) is 13.0 Å². The molecule has 0 amide bonds. The third kappa shape index (κ3) is 4.08. The van der Waals surface area contributed by atoms with Gasteiger partial charge in [-0.2, -0.15) is 19.0 Å². The van der Waals surface area contributed by atoms with Gasteiger partial charge in [-0.15, -0.1) is 0 Å². The van der Waals surface area contributed by atoms with Gasteiger partial charge in [-0.1, -0.05) is 54.6 Å². The van der Waals surface area contributed by atoms with E-state index in [0.29, 0.717) is 5.82 Å². The fourth-order valence-corrected chi connectivity index (χ4v) is 3.27. The minimum absolute atomic E-state index is 0. The molecule has 0 fully saturated rings. The molecule has 7 heteroatoms. The molecule has 1 atom stereocenters. The summed E-state index contributed by atoms with van der Waals surface area (Å²) in [7, 11) is 0. The van der Waals surface area contributed by atoms with Gasteiger partial charge in [0.05, 0.1) is 17.3 Å². The fourth-order valence-electron chi connectivity index (χ4n) is 3.27. The Labute approximate surface area is 176 Å². The highest BCUT2D eigenvalue weighted by atomic mass is 32.1. The highest BCUT2D eigenvalue weighted by Crippen LogP contribution is 2.35. The third-order valence-corrected chi connectivity index (χ3v) is 4.84. The maximum absolute atomic E-state index is 9.15. The van der Waals surface area contributed by atoms with Gasteiger partial charge in [-0.25, -0.2) is 15.8 Å². The summed E-state index contributed by atoms with van der Waals surface area (Å²) in [5.41, 5.74) is 10.7. The molecule has 1 unspecified atom stereocenters. The Morgan fingerprint density at radius 1 is 0.966 bits per heavy atom. The lowest BCUT2D eigenvalue weighted by molar-refractivity contribution is 0.133. The molecule has 29 heavy (non-hydrogen) atoms. The Morgan fingerprint density at radius 2 is 1.69 bits per heavy atom. The van der Waals surface area contributed by atoms with Crippen LogP contribution in [-0.4, -0.2) is 15.2 Å². The molecule has 5 N–H and O–H groups in total. The summed E-state index contributed by atoms with van der Waals surface area (Å²) < 4.78 is 0. The molecule has 0 saturated heterocycles. The van der Waals surface area contributed by atoms with Crippen LogP contribution in [0.2, 0.25) is 0 Å². The summed E-state index contributed by atoms with van der Waals surface area (Å²) in [6.45, 7) is 1.90. The summed E-state index contributed by atoms with van der Waals surface area (Å²) in [6, 6.07) is 21.9. The molecule has 0 spiro atoms. The van der Waals surface area contributed by atoms with Crippen molar-refractivity contribution in [3.05, 3.63) is 78.5 Å². The van der Waals surface area contributed by atoms with Crippen molar-refractivity contribution in [3.63, 3.8) is 0 Å². The number of aromatic nitrogens is 2. The van der Waals surface area contributed by atoms with E-state index in [1.54, 1.807) is 6.20 Å². The minimum atomic E-state index is -0.142. The maximum Gasteiger partial charge on any atom is 0.149 e. The van der Waals surface area contributed by atoms with Crippen molar-refractivity contribution in [2.24, 2.45) is 5.84 Å². The second-order valence-corrected chi connectivity index (χ2v) is 6.59. The molecule has 148 valence electrons. The van der Waals surface area contributed by atoms with Crippen LogP contribution < -0.4 is 16.7 Å². The number of hydroxylamine groups is 1. The molecule has 2 aromatic carbocycles. The van der Waals surface area contributed by atoms with Gasteiger partial charge in [0.25, 0.3) is 0 Å². The van der Waals surface area contributed by atoms with Gasteiger partial charge in [0.2, 0.25) is 0 Å². The molecule has 0 saturated carbocycles. The molecule has 0 aliphatic carbocycles. The second-order valence-electron chi connectivity index (χ2n) is 6.59. The molecule has 6 nitrogen and oxygen atoms in total. The van der Waals surface area contributed by atoms with E-state index in [4.69, 9.17) is 16.0 Å². The summed E-state index contributed by atoms with van der Waals surface area (Å²) >= 11 is 0. The first-order valence-electron chi connectivity index (χ1n) is 9.03. The summed E-state index contributed by atoms with van der Waals surface area (Å²) in [4.78, 5) is 9.22. The lowest BCUT2D eigenvalue weighted by Crippen LogP contribution is -2.12. The van der Waals surface area contributed by atoms with E-state index < -0.39 is 0 Å². The average molecular weight is 406 g/mol. The SMILES string of the molecule is CC(NO)c1ccc(-c2nc3ccnc(NN)c3cc2-c2ccccc2)cc1.S. The van der Waals surface area contributed by atoms with Crippen LogP contribution in [0.25, 0.3) is 33.3 Å². The molecule has 4 aromatic rings. The highest BCUT2D eigenvalue weighted by molar-refractivity contribution is 7.59. The quantitative estimate of drug-likeness (QED) is 0.290. The lowest BCUT2D eigenvalue weighted by atomic mass is 9.96. The van der Waals surface area contributed by atoms with Gasteiger partial charge in [0, 0.05) is 22.7 Å². The van der Waals surface area contributed by atoms with Crippen LogP contribution in [-0.2, 0) is 0 Å². The molecule has 0 bridgehead atoms. The smallest absolute Gasteiger partial charge is 0.149 e. The highest BCUT2D eigenvalue weighted by Gasteiger charge is 2.14. The number of rotatable bonds is 5. The van der Waals surface area contributed by atoms with E-state index in [1.165, 1.54) is 0 Å². The minimum Gasteiger partial charge on any atom is -0.316 e. The van der Waals surface area contributed by atoms with Crippen LogP contribution in [0.15, 0.2) is 72.9 Å². The molecule has 0 radical (unpaired) electrons. The van der Waals surface area contributed by atoms with Crippen LogP contribution >= 0.6 is 13.5 Å². The normalized spacial score (nSPS) is 11.7. The topological polar surface area (TPSA) is 96.1 Å². The Kier molecular flexibility index (Phi) is 6.46. The van der Waals surface area contributed by atoms with Gasteiger partial charge < -0.3 is 10.6 Å². The van der Waals surface area contributed by atoms with Crippen molar-refractivity contribution >= 4 is 30.2 Å². The molecule has 4 rings (SSSR count). The monoisotopic (exact) mass is 405 g/mol. The number of nitrogens with zero attached hydrogens (tertiary/aromatic N) is 2. The van der Waals surface area contributed by atoms with E-state index in [-0.39, 0.29) is 19.5 Å². The summed E-state index contributed by atoms with van der Waals surface area (Å²) in [5, 5.41) is 10.0. The first-order valence-corrected chi connectivity index (χ1v) is 9.03. The van der Waals surface area contributed by atoms with E-state index in [2.05, 4.69) is 34.1 Å². The number of nitrogen functional groups attached to an aromatic ring is 1. The molecule has 2 heterocycles. The average Bonchev–Trinajstić information content (AvgIpc) is 2.78. The van der Waals surface area contributed by atoms with Gasteiger partial charge in [-0.05, 0) is 30.2 Å². The number of anilines is 1. The van der Waals surface area contributed by atoms with Crippen molar-refractivity contribution < 1.29 is 5.21 Å². The van der Waals surface area contributed by atoms with Crippen molar-refractivity contribution in [1.82, 2.24) is 15.4 Å². The van der Waals surface area contributed by atoms with E-state index in [1.807, 2.05) is 55.5 Å². The number of hydrazine groups is 1. The maximum atomic E-state index is 9.15. The Balaban J connectivity index is 0.00000240. The van der Waals surface area contributed by atoms with Crippen LogP contribution in [0.4, 0.5) is 5.82 Å². The van der Waals surface area contributed by atoms with Crippen LogP contribution in [0.5, 0.6) is 0 Å². The van der Waals surface area contributed by atoms with Gasteiger partial charge in [-0.3, -0.25) is 0 Å². The van der Waals surface area contributed by atoms with Crippen molar-refractivity contribution in [1.29, 1.82) is 0 Å². The molecule has 0 aliphatic heterocycles. The molecule has 0 aliphatic rings. The van der Waals surface area contributed by atoms with Crippen molar-refractivity contribution in [2.75, 3.05) is 5.43 Å². The second kappa shape index (κ2) is 9.02. The van der Waals surface area contributed by atoms with Crippen LogP contribution in [0.1, 0.15) is 18.5 Å². The predicted octanol–water partition coefficient (Wildman–Crippen LogP) is 4.40. The van der Waals surface area contributed by atoms with Gasteiger partial charge in [0.1, 0.15) is 5.82 Å². The lowest BCUT2D eigenvalue weighted by Gasteiger charge is -2.14. The van der Waals surface area contributed by atoms with E-state index >= 15 is 0 Å². The number of hydrogen-bond acceptors (Lipinski definition) is 6. The first-order chi connectivity index (χ1) is 13.7. The summed E-state index contributed by atoms with van der Waals surface area (Å²) in [6.07, 6.45) is 1.69. The number of nitrogens with two attached hydrogens (primary N) is 1. The number of nitrogens with one attached hydrogen (secondary N) is 2. The Morgan fingerprint density at radius 3 is 2.34 bits per heavy atom. The predicted molar refractivity (Wildman–Crippen MR) is 122 cm³/mol. The number of fused-ring (bicyclic) bond motifs is 1. The number of pyridine rings is 2. The van der Waals surface area contributed by atoms with E-state index in [0.717, 1.165) is 38.9 Å². The number of hydrogen-bond donors (Lipinski definition) is 4. The fraction of sp³-hybridized carbons (Fsp3) is 0.0909. The third-order valence-electron chi connectivity index (χ3n) is 4.84. The summed E-state index contributed by atoms with van der Waals surface area (Å²) in [5.74, 6) is 6.24. The zero-order valence-electron chi connectivity index (χ0n) is 15.9. The molecule has 2 aromatic heterocycles. The standard InChI is InChI=1S/C22H21N5O.H2S/c1-14(27-28)15-7-9-17(10-8-15)21-18(16-5-3-2-4-6-16)13-19-20(25-21)11-12-24-22(19)26-23;/h2-14,27-28H,23H2,1H3,(H,24,26);1H2. The first kappa shape index (κ1) is 20.8. The molecular weight excluding hydrogens is 382 g/mol. The Hall–Kier alpha value is -2.97. The zero-order chi connectivity index (χ0) is 19.5. The number of benzene rings is 2. The Bertz CT molecular complexity index is 1100. The van der Waals surface area contributed by atoms with Crippen LogP contribution in [0, 0.1) is 0 Å². The van der Waals surface area contributed by atoms with Gasteiger partial charge >= 0.3 is 0 Å². The molecular formula is C22H23N5OS.